The number of amides is 2. The summed E-state index contributed by atoms with van der Waals surface area (Å²) in [6, 6.07) is 7.56. The summed E-state index contributed by atoms with van der Waals surface area (Å²) in [5.41, 5.74) is 0.281. The number of Topliss-reactive ketones (excluding diaryl/α,β-unsaturated/α-hetero) is 1. The molecule has 0 radical (unpaired) electrons. The van der Waals surface area contributed by atoms with E-state index in [9.17, 15) is 18.4 Å². The van der Waals surface area contributed by atoms with Crippen molar-refractivity contribution in [1.82, 2.24) is 9.88 Å². The molecule has 130 valence electrons. The number of urea groups is 1. The standard InChI is InChI=1S/C18H17F2N3O2/c19-13-6-7-15(14(20)10-13)22-18(25)23-9-3-4-12(11-23)17(24)16-5-1-2-8-21-16/h1-2,5-8,10,12H,3-4,9,11H2,(H,22,25). The van der Waals surface area contributed by atoms with Gasteiger partial charge in [-0.25, -0.2) is 13.6 Å². The van der Waals surface area contributed by atoms with Crippen molar-refractivity contribution < 1.29 is 18.4 Å². The highest BCUT2D eigenvalue weighted by Crippen LogP contribution is 2.22. The predicted molar refractivity (Wildman–Crippen MR) is 88.2 cm³/mol. The Morgan fingerprint density at radius 1 is 1.20 bits per heavy atom. The van der Waals surface area contributed by atoms with Crippen LogP contribution in [0.25, 0.3) is 0 Å². The molecular weight excluding hydrogens is 328 g/mol. The molecule has 2 heterocycles. The first-order valence-electron chi connectivity index (χ1n) is 8.01. The van der Waals surface area contributed by atoms with Gasteiger partial charge in [0.25, 0.3) is 0 Å². The highest BCUT2D eigenvalue weighted by atomic mass is 19.1. The van der Waals surface area contributed by atoms with E-state index in [0.717, 1.165) is 6.07 Å². The van der Waals surface area contributed by atoms with E-state index < -0.39 is 17.7 Å². The molecule has 25 heavy (non-hydrogen) atoms. The van der Waals surface area contributed by atoms with Crippen LogP contribution < -0.4 is 5.32 Å². The molecule has 1 fully saturated rings. The second-order valence-corrected chi connectivity index (χ2v) is 5.92. The predicted octanol–water partition coefficient (Wildman–Crippen LogP) is 3.49. The Morgan fingerprint density at radius 2 is 2.04 bits per heavy atom. The lowest BCUT2D eigenvalue weighted by Gasteiger charge is -2.32. The Morgan fingerprint density at radius 3 is 2.76 bits per heavy atom. The van der Waals surface area contributed by atoms with Gasteiger partial charge in [-0.3, -0.25) is 9.78 Å². The number of anilines is 1. The number of hydrogen-bond donors (Lipinski definition) is 1. The molecule has 1 N–H and O–H groups in total. The SMILES string of the molecule is O=C(c1ccccn1)C1CCCN(C(=O)Nc2ccc(F)cc2F)C1. The number of benzene rings is 1. The van der Waals surface area contributed by atoms with Gasteiger partial charge >= 0.3 is 6.03 Å². The van der Waals surface area contributed by atoms with E-state index in [4.69, 9.17) is 0 Å². The molecule has 7 heteroatoms. The summed E-state index contributed by atoms with van der Waals surface area (Å²) >= 11 is 0. The number of aromatic nitrogens is 1. The summed E-state index contributed by atoms with van der Waals surface area (Å²) in [4.78, 5) is 30.4. The number of hydrogen-bond acceptors (Lipinski definition) is 3. The second-order valence-electron chi connectivity index (χ2n) is 5.92. The lowest BCUT2D eigenvalue weighted by molar-refractivity contribution is 0.0846. The summed E-state index contributed by atoms with van der Waals surface area (Å²) in [7, 11) is 0. The zero-order valence-corrected chi connectivity index (χ0v) is 13.4. The first-order valence-corrected chi connectivity index (χ1v) is 8.01. The molecule has 0 aliphatic carbocycles. The molecule has 2 aromatic rings. The van der Waals surface area contributed by atoms with Crippen molar-refractivity contribution in [3.05, 3.63) is 59.9 Å². The maximum absolute atomic E-state index is 13.7. The molecule has 1 atom stereocenters. The molecule has 1 saturated heterocycles. The fraction of sp³-hybridized carbons (Fsp3) is 0.278. The van der Waals surface area contributed by atoms with Crippen LogP contribution in [0.4, 0.5) is 19.3 Å². The van der Waals surface area contributed by atoms with Crippen LogP contribution in [-0.2, 0) is 0 Å². The summed E-state index contributed by atoms with van der Waals surface area (Å²) in [5.74, 6) is -2.00. The van der Waals surface area contributed by atoms with Gasteiger partial charge < -0.3 is 10.2 Å². The number of carbonyl (C=O) groups excluding carboxylic acids is 2. The number of nitrogens with one attached hydrogen (secondary N) is 1. The third kappa shape index (κ3) is 3.99. The van der Waals surface area contributed by atoms with Gasteiger partial charge in [-0.1, -0.05) is 6.07 Å². The van der Waals surface area contributed by atoms with Crippen molar-refractivity contribution in [2.75, 3.05) is 18.4 Å². The number of piperidine rings is 1. The van der Waals surface area contributed by atoms with Crippen molar-refractivity contribution in [3.63, 3.8) is 0 Å². The van der Waals surface area contributed by atoms with Gasteiger partial charge in [0.05, 0.1) is 5.69 Å². The summed E-state index contributed by atoms with van der Waals surface area (Å²) in [6.45, 7) is 0.713. The highest BCUT2D eigenvalue weighted by Gasteiger charge is 2.29. The number of carbonyl (C=O) groups is 2. The lowest BCUT2D eigenvalue weighted by atomic mass is 9.92. The molecule has 0 saturated carbocycles. The number of pyridine rings is 1. The Bertz CT molecular complexity index is 783. The van der Waals surface area contributed by atoms with E-state index in [1.807, 2.05) is 0 Å². The number of halogens is 2. The molecule has 1 unspecified atom stereocenters. The molecule has 2 amide bonds. The topological polar surface area (TPSA) is 62.3 Å². The smallest absolute Gasteiger partial charge is 0.321 e. The minimum absolute atomic E-state index is 0.0930. The second kappa shape index (κ2) is 7.38. The van der Waals surface area contributed by atoms with Crippen LogP contribution in [0.5, 0.6) is 0 Å². The summed E-state index contributed by atoms with van der Waals surface area (Å²) in [6.07, 6.45) is 2.89. The molecule has 1 aromatic heterocycles. The van der Waals surface area contributed by atoms with Crippen molar-refractivity contribution >= 4 is 17.5 Å². The van der Waals surface area contributed by atoms with E-state index in [1.165, 1.54) is 11.0 Å². The first kappa shape index (κ1) is 17.0. The van der Waals surface area contributed by atoms with Gasteiger partial charge in [0.2, 0.25) is 0 Å². The lowest BCUT2D eigenvalue weighted by Crippen LogP contribution is -2.44. The minimum atomic E-state index is -0.841. The van der Waals surface area contributed by atoms with Crippen LogP contribution in [0, 0.1) is 17.6 Å². The number of likely N-dealkylation sites (tertiary alicyclic amines) is 1. The Labute approximate surface area is 143 Å². The van der Waals surface area contributed by atoms with Gasteiger partial charge in [-0.15, -0.1) is 0 Å². The maximum Gasteiger partial charge on any atom is 0.321 e. The molecule has 1 aliphatic heterocycles. The quantitative estimate of drug-likeness (QED) is 0.866. The third-order valence-electron chi connectivity index (χ3n) is 4.17. The van der Waals surface area contributed by atoms with Crippen molar-refractivity contribution in [3.8, 4) is 0 Å². The van der Waals surface area contributed by atoms with Crippen LogP contribution in [-0.4, -0.2) is 34.8 Å². The number of ketones is 1. The minimum Gasteiger partial charge on any atom is -0.324 e. The molecule has 3 rings (SSSR count). The molecule has 5 nitrogen and oxygen atoms in total. The maximum atomic E-state index is 13.7. The zero-order chi connectivity index (χ0) is 17.8. The third-order valence-corrected chi connectivity index (χ3v) is 4.17. The Balaban J connectivity index is 1.66. The first-order chi connectivity index (χ1) is 12.0. The van der Waals surface area contributed by atoms with E-state index >= 15 is 0 Å². The van der Waals surface area contributed by atoms with Gasteiger partial charge in [0.15, 0.2) is 5.78 Å². The summed E-state index contributed by atoms with van der Waals surface area (Å²) in [5, 5.41) is 2.42. The zero-order valence-electron chi connectivity index (χ0n) is 13.4. The normalized spacial score (nSPS) is 17.2. The van der Waals surface area contributed by atoms with Gasteiger partial charge in [-0.2, -0.15) is 0 Å². The molecular formula is C18H17F2N3O2. The monoisotopic (exact) mass is 345 g/mol. The van der Waals surface area contributed by atoms with E-state index in [1.54, 1.807) is 24.4 Å². The summed E-state index contributed by atoms with van der Waals surface area (Å²) < 4.78 is 26.6. The van der Waals surface area contributed by atoms with Crippen LogP contribution in [0.3, 0.4) is 0 Å². The molecule has 1 aromatic carbocycles. The van der Waals surface area contributed by atoms with Crippen molar-refractivity contribution in [1.29, 1.82) is 0 Å². The Hall–Kier alpha value is -2.83. The molecule has 0 bridgehead atoms. The van der Waals surface area contributed by atoms with E-state index in [0.29, 0.717) is 31.1 Å². The number of rotatable bonds is 3. The van der Waals surface area contributed by atoms with Crippen LogP contribution in [0.2, 0.25) is 0 Å². The van der Waals surface area contributed by atoms with Crippen molar-refractivity contribution in [2.24, 2.45) is 5.92 Å². The fourth-order valence-electron chi connectivity index (χ4n) is 2.88. The van der Waals surface area contributed by atoms with Gasteiger partial charge in [0, 0.05) is 31.3 Å². The van der Waals surface area contributed by atoms with Gasteiger partial charge in [-0.05, 0) is 37.1 Å². The largest absolute Gasteiger partial charge is 0.324 e. The number of nitrogens with zero attached hydrogens (tertiary/aromatic N) is 2. The van der Waals surface area contributed by atoms with E-state index in [2.05, 4.69) is 10.3 Å². The Kier molecular flexibility index (Phi) is 5.02. The van der Waals surface area contributed by atoms with Crippen molar-refractivity contribution in [2.45, 2.75) is 12.8 Å². The molecule has 0 spiro atoms. The molecule has 1 aliphatic rings. The average Bonchev–Trinajstić information content (AvgIpc) is 2.64. The van der Waals surface area contributed by atoms with Crippen LogP contribution in [0.1, 0.15) is 23.3 Å². The highest BCUT2D eigenvalue weighted by molar-refractivity contribution is 5.97. The average molecular weight is 345 g/mol. The fourth-order valence-corrected chi connectivity index (χ4v) is 2.88. The van der Waals surface area contributed by atoms with Crippen LogP contribution >= 0.6 is 0 Å². The van der Waals surface area contributed by atoms with Gasteiger partial charge in [0.1, 0.15) is 17.3 Å². The van der Waals surface area contributed by atoms with E-state index in [-0.39, 0.29) is 23.9 Å². The van der Waals surface area contributed by atoms with Crippen LogP contribution in [0.15, 0.2) is 42.6 Å².